The number of nitrogen functional groups attached to an aromatic ring is 1. The maximum atomic E-state index is 9.69. The Balaban J connectivity index is 1.91. The van der Waals surface area contributed by atoms with E-state index in [9.17, 15) is 5.11 Å². The van der Waals surface area contributed by atoms with Crippen molar-refractivity contribution in [1.82, 2.24) is 9.97 Å². The van der Waals surface area contributed by atoms with Gasteiger partial charge in [0.25, 0.3) is 0 Å². The maximum absolute atomic E-state index is 9.69. The van der Waals surface area contributed by atoms with Crippen molar-refractivity contribution in [2.45, 2.75) is 25.9 Å². The predicted octanol–water partition coefficient (Wildman–Crippen LogP) is 1.81. The second kappa shape index (κ2) is 5.25. The number of hydrogen-bond acceptors (Lipinski definition) is 5. The van der Waals surface area contributed by atoms with Gasteiger partial charge in [-0.2, -0.15) is 4.98 Å². The van der Waals surface area contributed by atoms with Crippen LogP contribution in [-0.4, -0.2) is 34.3 Å². The van der Waals surface area contributed by atoms with E-state index >= 15 is 0 Å². The number of para-hydroxylation sites is 1. The second-order valence-electron chi connectivity index (χ2n) is 5.49. The van der Waals surface area contributed by atoms with E-state index in [0.29, 0.717) is 11.9 Å². The van der Waals surface area contributed by atoms with E-state index in [0.717, 1.165) is 42.7 Å². The second-order valence-corrected chi connectivity index (χ2v) is 5.49. The summed E-state index contributed by atoms with van der Waals surface area (Å²) >= 11 is 0. The normalized spacial score (nSPS) is 18.4. The molecule has 1 atom stereocenters. The molecule has 2 heterocycles. The first-order valence-electron chi connectivity index (χ1n) is 7.10. The summed E-state index contributed by atoms with van der Waals surface area (Å²) in [5.41, 5.74) is 6.70. The van der Waals surface area contributed by atoms with Gasteiger partial charge >= 0.3 is 0 Å². The summed E-state index contributed by atoms with van der Waals surface area (Å²) in [6.07, 6.45) is 1.73. The number of hydrogen-bond donors (Lipinski definition) is 2. The summed E-state index contributed by atoms with van der Waals surface area (Å²) in [6.45, 7) is 3.67. The predicted molar refractivity (Wildman–Crippen MR) is 80.6 cm³/mol. The molecule has 2 aromatic rings. The van der Waals surface area contributed by atoms with Crippen LogP contribution in [0.1, 0.15) is 19.8 Å². The Kier molecular flexibility index (Phi) is 3.44. The van der Waals surface area contributed by atoms with Crippen molar-refractivity contribution in [1.29, 1.82) is 0 Å². The van der Waals surface area contributed by atoms with E-state index in [2.05, 4.69) is 14.9 Å². The first-order valence-corrected chi connectivity index (χ1v) is 7.10. The Morgan fingerprint density at radius 1 is 1.25 bits per heavy atom. The highest BCUT2D eigenvalue weighted by Gasteiger charge is 2.24. The Morgan fingerprint density at radius 3 is 2.65 bits per heavy atom. The van der Waals surface area contributed by atoms with Gasteiger partial charge in [-0.05, 0) is 37.8 Å². The van der Waals surface area contributed by atoms with Crippen molar-refractivity contribution < 1.29 is 5.11 Å². The molecule has 0 spiro atoms. The van der Waals surface area contributed by atoms with Crippen LogP contribution in [0.5, 0.6) is 0 Å². The minimum atomic E-state index is -0.232. The molecule has 1 unspecified atom stereocenters. The van der Waals surface area contributed by atoms with Gasteiger partial charge in [-0.15, -0.1) is 0 Å². The molecule has 0 radical (unpaired) electrons. The molecule has 0 aliphatic carbocycles. The summed E-state index contributed by atoms with van der Waals surface area (Å²) in [5.74, 6) is 1.62. The van der Waals surface area contributed by atoms with Crippen LogP contribution in [0.25, 0.3) is 10.9 Å². The summed E-state index contributed by atoms with van der Waals surface area (Å²) in [5, 5.41) is 10.7. The average Bonchev–Trinajstić information content (AvgIpc) is 2.46. The molecule has 5 nitrogen and oxygen atoms in total. The number of fused-ring (bicyclic) bond motifs is 1. The summed E-state index contributed by atoms with van der Waals surface area (Å²) in [4.78, 5) is 10.9. The highest BCUT2D eigenvalue weighted by molar-refractivity contribution is 5.90. The highest BCUT2D eigenvalue weighted by Crippen LogP contribution is 2.29. The van der Waals surface area contributed by atoms with Crippen molar-refractivity contribution in [2.24, 2.45) is 5.92 Å². The molecule has 1 saturated heterocycles. The molecule has 3 rings (SSSR count). The van der Waals surface area contributed by atoms with Gasteiger partial charge < -0.3 is 15.7 Å². The molecule has 0 amide bonds. The minimum Gasteiger partial charge on any atom is -0.393 e. The zero-order valence-electron chi connectivity index (χ0n) is 11.7. The van der Waals surface area contributed by atoms with Gasteiger partial charge in [0.05, 0.1) is 11.6 Å². The Morgan fingerprint density at radius 2 is 1.95 bits per heavy atom. The van der Waals surface area contributed by atoms with Gasteiger partial charge in [-0.25, -0.2) is 4.98 Å². The van der Waals surface area contributed by atoms with Crippen molar-refractivity contribution >= 4 is 22.7 Å². The number of anilines is 2. The van der Waals surface area contributed by atoms with E-state index in [1.54, 1.807) is 0 Å². The lowest BCUT2D eigenvalue weighted by molar-refractivity contribution is 0.110. The fourth-order valence-electron chi connectivity index (χ4n) is 2.91. The molecule has 20 heavy (non-hydrogen) atoms. The number of benzene rings is 1. The lowest BCUT2D eigenvalue weighted by Crippen LogP contribution is -2.37. The fraction of sp³-hybridized carbons (Fsp3) is 0.467. The number of rotatable bonds is 2. The van der Waals surface area contributed by atoms with Gasteiger partial charge in [0.15, 0.2) is 0 Å². The van der Waals surface area contributed by atoms with E-state index in [-0.39, 0.29) is 6.10 Å². The van der Waals surface area contributed by atoms with Crippen LogP contribution >= 0.6 is 0 Å². The van der Waals surface area contributed by atoms with Gasteiger partial charge in [0.1, 0.15) is 5.82 Å². The molecule has 0 bridgehead atoms. The maximum Gasteiger partial charge on any atom is 0.222 e. The summed E-state index contributed by atoms with van der Waals surface area (Å²) in [7, 11) is 0. The molecule has 1 aromatic heterocycles. The first-order chi connectivity index (χ1) is 9.65. The highest BCUT2D eigenvalue weighted by atomic mass is 16.3. The zero-order valence-corrected chi connectivity index (χ0v) is 11.7. The first kappa shape index (κ1) is 13.1. The monoisotopic (exact) mass is 272 g/mol. The topological polar surface area (TPSA) is 75.3 Å². The molecule has 106 valence electrons. The summed E-state index contributed by atoms with van der Waals surface area (Å²) in [6, 6.07) is 7.94. The molecule has 0 saturated carbocycles. The van der Waals surface area contributed by atoms with Gasteiger partial charge in [-0.3, -0.25) is 0 Å². The summed E-state index contributed by atoms with van der Waals surface area (Å²) < 4.78 is 0. The molecule has 5 heteroatoms. The average molecular weight is 272 g/mol. The van der Waals surface area contributed by atoms with Crippen LogP contribution in [0.4, 0.5) is 11.8 Å². The number of aromatic nitrogens is 2. The van der Waals surface area contributed by atoms with Gasteiger partial charge in [0, 0.05) is 18.5 Å². The minimum absolute atomic E-state index is 0.232. The van der Waals surface area contributed by atoms with Crippen molar-refractivity contribution in [2.75, 3.05) is 23.7 Å². The van der Waals surface area contributed by atoms with Crippen LogP contribution in [0.2, 0.25) is 0 Å². The molecule has 3 N–H and O–H groups in total. The van der Waals surface area contributed by atoms with Crippen LogP contribution in [0.3, 0.4) is 0 Å². The van der Waals surface area contributed by atoms with Crippen molar-refractivity contribution in [3.05, 3.63) is 24.3 Å². The number of aliphatic hydroxyl groups is 1. The van der Waals surface area contributed by atoms with Gasteiger partial charge in [-0.1, -0.05) is 12.1 Å². The molecule has 1 aliphatic heterocycles. The molecule has 1 aliphatic rings. The van der Waals surface area contributed by atoms with Crippen LogP contribution in [0.15, 0.2) is 24.3 Å². The number of nitrogens with zero attached hydrogens (tertiary/aromatic N) is 3. The van der Waals surface area contributed by atoms with Crippen molar-refractivity contribution in [3.63, 3.8) is 0 Å². The molecule has 1 aromatic carbocycles. The van der Waals surface area contributed by atoms with Crippen molar-refractivity contribution in [3.8, 4) is 0 Å². The Labute approximate surface area is 118 Å². The van der Waals surface area contributed by atoms with Crippen LogP contribution in [-0.2, 0) is 0 Å². The zero-order chi connectivity index (χ0) is 14.1. The SMILES string of the molecule is CC(O)C1CCN(c2nc(N)nc3ccccc23)CC1. The van der Waals surface area contributed by atoms with E-state index in [1.165, 1.54) is 0 Å². The molecule has 1 fully saturated rings. The van der Waals surface area contributed by atoms with E-state index < -0.39 is 0 Å². The quantitative estimate of drug-likeness (QED) is 0.872. The van der Waals surface area contributed by atoms with E-state index in [1.807, 2.05) is 31.2 Å². The Hall–Kier alpha value is -1.88. The fourth-order valence-corrected chi connectivity index (χ4v) is 2.91. The number of nitrogens with two attached hydrogens (primary N) is 1. The van der Waals surface area contributed by atoms with E-state index in [4.69, 9.17) is 5.73 Å². The molecular weight excluding hydrogens is 252 g/mol. The lowest BCUT2D eigenvalue weighted by atomic mass is 9.92. The largest absolute Gasteiger partial charge is 0.393 e. The number of piperidine rings is 1. The third-order valence-corrected chi connectivity index (χ3v) is 4.12. The Bertz CT molecular complexity index is 606. The molecular formula is C15H20N4O. The third-order valence-electron chi connectivity index (χ3n) is 4.12. The van der Waals surface area contributed by atoms with Crippen LogP contribution in [0, 0.1) is 5.92 Å². The van der Waals surface area contributed by atoms with Gasteiger partial charge in [0.2, 0.25) is 5.95 Å². The number of aliphatic hydroxyl groups excluding tert-OH is 1. The third kappa shape index (κ3) is 2.41. The lowest BCUT2D eigenvalue weighted by Gasteiger charge is -2.34. The van der Waals surface area contributed by atoms with Crippen LogP contribution < -0.4 is 10.6 Å². The standard InChI is InChI=1S/C15H20N4O/c1-10(20)11-6-8-19(9-7-11)14-12-4-2-3-5-13(12)17-15(16)18-14/h2-5,10-11,20H,6-9H2,1H3,(H2,16,17,18). The smallest absolute Gasteiger partial charge is 0.222 e.